The SMILES string of the molecule is CC(C)CC(C)N(C)c1nc2ccc(N)cc2c(=O)[nH]1. The summed E-state index contributed by atoms with van der Waals surface area (Å²) in [6.07, 6.45) is 1.04. The Balaban J connectivity index is 2.41. The van der Waals surface area contributed by atoms with Crippen molar-refractivity contribution in [2.75, 3.05) is 17.7 Å². The molecule has 5 nitrogen and oxygen atoms in total. The van der Waals surface area contributed by atoms with Crippen molar-refractivity contribution in [3.05, 3.63) is 28.6 Å². The van der Waals surface area contributed by atoms with Crippen molar-refractivity contribution in [3.63, 3.8) is 0 Å². The molecule has 5 heteroatoms. The van der Waals surface area contributed by atoms with Crippen LogP contribution in [-0.2, 0) is 0 Å². The highest BCUT2D eigenvalue weighted by molar-refractivity contribution is 5.81. The second-order valence-corrected chi connectivity index (χ2v) is 5.76. The van der Waals surface area contributed by atoms with Crippen LogP contribution >= 0.6 is 0 Å². The minimum absolute atomic E-state index is 0.152. The molecule has 3 N–H and O–H groups in total. The van der Waals surface area contributed by atoms with E-state index in [0.717, 1.165) is 6.42 Å². The summed E-state index contributed by atoms with van der Waals surface area (Å²) in [5.41, 5.74) is 6.79. The number of nitrogens with one attached hydrogen (secondary N) is 1. The van der Waals surface area contributed by atoms with E-state index in [0.29, 0.717) is 34.5 Å². The molecule has 1 aromatic carbocycles. The average Bonchev–Trinajstić information content (AvgIpc) is 2.37. The van der Waals surface area contributed by atoms with Crippen LogP contribution in [0, 0.1) is 5.92 Å². The molecule has 1 heterocycles. The zero-order chi connectivity index (χ0) is 14.9. The van der Waals surface area contributed by atoms with Gasteiger partial charge in [0, 0.05) is 18.8 Å². The Kier molecular flexibility index (Phi) is 3.97. The molecule has 0 aliphatic heterocycles. The third-order valence-corrected chi connectivity index (χ3v) is 3.52. The zero-order valence-electron chi connectivity index (χ0n) is 12.5. The number of benzene rings is 1. The molecule has 0 fully saturated rings. The lowest BCUT2D eigenvalue weighted by Crippen LogP contribution is -2.33. The van der Waals surface area contributed by atoms with E-state index in [-0.39, 0.29) is 5.56 Å². The van der Waals surface area contributed by atoms with E-state index in [1.165, 1.54) is 0 Å². The molecule has 1 aromatic heterocycles. The second-order valence-electron chi connectivity index (χ2n) is 5.76. The van der Waals surface area contributed by atoms with Gasteiger partial charge < -0.3 is 10.6 Å². The number of aromatic nitrogens is 2. The second kappa shape index (κ2) is 5.53. The highest BCUT2D eigenvalue weighted by Gasteiger charge is 2.15. The van der Waals surface area contributed by atoms with E-state index < -0.39 is 0 Å². The summed E-state index contributed by atoms with van der Waals surface area (Å²) >= 11 is 0. The summed E-state index contributed by atoms with van der Waals surface area (Å²) < 4.78 is 0. The highest BCUT2D eigenvalue weighted by Crippen LogP contribution is 2.17. The lowest BCUT2D eigenvalue weighted by molar-refractivity contribution is 0.500. The predicted octanol–water partition coefficient (Wildman–Crippen LogP) is 2.38. The molecule has 0 radical (unpaired) electrons. The molecule has 2 rings (SSSR count). The fraction of sp³-hybridized carbons (Fsp3) is 0.467. The maximum atomic E-state index is 12.1. The Morgan fingerprint density at radius 1 is 1.35 bits per heavy atom. The molecule has 0 bridgehead atoms. The van der Waals surface area contributed by atoms with Crippen LogP contribution < -0.4 is 16.2 Å². The number of H-pyrrole nitrogens is 1. The van der Waals surface area contributed by atoms with Crippen LogP contribution in [-0.4, -0.2) is 23.1 Å². The maximum absolute atomic E-state index is 12.1. The maximum Gasteiger partial charge on any atom is 0.260 e. The van der Waals surface area contributed by atoms with Gasteiger partial charge in [-0.15, -0.1) is 0 Å². The van der Waals surface area contributed by atoms with Crippen LogP contribution in [0.3, 0.4) is 0 Å². The first-order valence-electron chi connectivity index (χ1n) is 6.91. The van der Waals surface area contributed by atoms with Crippen molar-refractivity contribution < 1.29 is 0 Å². The Hall–Kier alpha value is -2.04. The molecular formula is C15H22N4O. The largest absolute Gasteiger partial charge is 0.399 e. The van der Waals surface area contributed by atoms with Gasteiger partial charge in [-0.3, -0.25) is 9.78 Å². The van der Waals surface area contributed by atoms with E-state index in [9.17, 15) is 4.79 Å². The molecule has 1 atom stereocenters. The van der Waals surface area contributed by atoms with Crippen molar-refractivity contribution in [3.8, 4) is 0 Å². The number of aromatic amines is 1. The van der Waals surface area contributed by atoms with Gasteiger partial charge in [0.1, 0.15) is 0 Å². The van der Waals surface area contributed by atoms with Gasteiger partial charge in [-0.1, -0.05) is 13.8 Å². The summed E-state index contributed by atoms with van der Waals surface area (Å²) in [5, 5.41) is 0.527. The molecule has 0 aliphatic rings. The fourth-order valence-corrected chi connectivity index (χ4v) is 2.36. The molecule has 0 saturated carbocycles. The summed E-state index contributed by atoms with van der Waals surface area (Å²) in [6.45, 7) is 6.50. The first kappa shape index (κ1) is 14.4. The third-order valence-electron chi connectivity index (χ3n) is 3.52. The van der Waals surface area contributed by atoms with Gasteiger partial charge in [-0.25, -0.2) is 4.98 Å². The molecule has 20 heavy (non-hydrogen) atoms. The average molecular weight is 274 g/mol. The Morgan fingerprint density at radius 2 is 2.05 bits per heavy atom. The summed E-state index contributed by atoms with van der Waals surface area (Å²) in [4.78, 5) is 21.5. The van der Waals surface area contributed by atoms with Crippen molar-refractivity contribution in [2.45, 2.75) is 33.2 Å². The fourth-order valence-electron chi connectivity index (χ4n) is 2.36. The van der Waals surface area contributed by atoms with Crippen LogP contribution in [0.25, 0.3) is 10.9 Å². The van der Waals surface area contributed by atoms with E-state index in [4.69, 9.17) is 5.73 Å². The number of anilines is 2. The predicted molar refractivity (Wildman–Crippen MR) is 84.1 cm³/mol. The van der Waals surface area contributed by atoms with Crippen molar-refractivity contribution in [2.24, 2.45) is 5.92 Å². The van der Waals surface area contributed by atoms with Gasteiger partial charge in [0.25, 0.3) is 5.56 Å². The minimum atomic E-state index is -0.152. The number of rotatable bonds is 4. The van der Waals surface area contributed by atoms with Gasteiger partial charge in [-0.05, 0) is 37.5 Å². The summed E-state index contributed by atoms with van der Waals surface area (Å²) in [7, 11) is 1.95. The van der Waals surface area contributed by atoms with Crippen LogP contribution in [0.4, 0.5) is 11.6 Å². The molecule has 108 valence electrons. The molecule has 2 aromatic rings. The van der Waals surface area contributed by atoms with Gasteiger partial charge in [-0.2, -0.15) is 0 Å². The molecule has 0 spiro atoms. The van der Waals surface area contributed by atoms with Crippen molar-refractivity contribution in [1.82, 2.24) is 9.97 Å². The molecule has 0 aliphatic carbocycles. The summed E-state index contributed by atoms with van der Waals surface area (Å²) in [6, 6.07) is 5.51. The number of hydrogen-bond donors (Lipinski definition) is 2. The first-order chi connectivity index (χ1) is 9.38. The number of nitrogens with two attached hydrogens (primary N) is 1. The Bertz CT molecular complexity index is 662. The van der Waals surface area contributed by atoms with Crippen molar-refractivity contribution >= 4 is 22.5 Å². The zero-order valence-corrected chi connectivity index (χ0v) is 12.5. The normalized spacial score (nSPS) is 12.8. The highest BCUT2D eigenvalue weighted by atomic mass is 16.1. The smallest absolute Gasteiger partial charge is 0.260 e. The lowest BCUT2D eigenvalue weighted by atomic mass is 10.0. The van der Waals surface area contributed by atoms with Gasteiger partial charge in [0.15, 0.2) is 0 Å². The number of hydrogen-bond acceptors (Lipinski definition) is 4. The first-order valence-corrected chi connectivity index (χ1v) is 6.91. The van der Waals surface area contributed by atoms with Crippen LogP contribution in [0.5, 0.6) is 0 Å². The monoisotopic (exact) mass is 274 g/mol. The molecule has 0 saturated heterocycles. The van der Waals surface area contributed by atoms with E-state index >= 15 is 0 Å². The van der Waals surface area contributed by atoms with Gasteiger partial charge in [0.05, 0.1) is 10.9 Å². The third kappa shape index (κ3) is 2.92. The number of fused-ring (bicyclic) bond motifs is 1. The van der Waals surface area contributed by atoms with Crippen molar-refractivity contribution in [1.29, 1.82) is 0 Å². The standard InChI is InChI=1S/C15H22N4O/c1-9(2)7-10(3)19(4)15-17-13-6-5-11(16)8-12(13)14(20)18-15/h5-6,8-10H,7,16H2,1-4H3,(H,17,18,20). The van der Waals surface area contributed by atoms with Gasteiger partial charge >= 0.3 is 0 Å². The lowest BCUT2D eigenvalue weighted by Gasteiger charge is -2.26. The topological polar surface area (TPSA) is 75.0 Å². The van der Waals surface area contributed by atoms with Gasteiger partial charge in [0.2, 0.25) is 5.95 Å². The quantitative estimate of drug-likeness (QED) is 0.839. The number of nitrogen functional groups attached to an aromatic ring is 1. The van der Waals surface area contributed by atoms with E-state index in [1.807, 2.05) is 11.9 Å². The minimum Gasteiger partial charge on any atom is -0.399 e. The van der Waals surface area contributed by atoms with Crippen LogP contribution in [0.1, 0.15) is 27.2 Å². The molecule has 1 unspecified atom stereocenters. The van der Waals surface area contributed by atoms with Crippen LogP contribution in [0.2, 0.25) is 0 Å². The molecule has 0 amide bonds. The Labute approximate surface area is 118 Å². The van der Waals surface area contributed by atoms with Crippen LogP contribution in [0.15, 0.2) is 23.0 Å². The number of nitrogens with zero attached hydrogens (tertiary/aromatic N) is 2. The Morgan fingerprint density at radius 3 is 2.70 bits per heavy atom. The summed E-state index contributed by atoms with van der Waals surface area (Å²) in [5.74, 6) is 1.19. The van der Waals surface area contributed by atoms with E-state index in [1.54, 1.807) is 18.2 Å². The molecular weight excluding hydrogens is 252 g/mol. The van der Waals surface area contributed by atoms with E-state index in [2.05, 4.69) is 30.7 Å².